The van der Waals surface area contributed by atoms with Crippen LogP contribution in [-0.2, 0) is 18.9 Å². The van der Waals surface area contributed by atoms with Gasteiger partial charge in [-0.1, -0.05) is 17.7 Å². The van der Waals surface area contributed by atoms with Gasteiger partial charge in [0.25, 0.3) is 11.6 Å². The van der Waals surface area contributed by atoms with Gasteiger partial charge >= 0.3 is 12.4 Å². The van der Waals surface area contributed by atoms with E-state index in [0.717, 1.165) is 6.07 Å². The van der Waals surface area contributed by atoms with Crippen LogP contribution in [0.5, 0.6) is 0 Å². The fourth-order valence-corrected chi connectivity index (χ4v) is 3.99. The molecular formula is C23H13ClF6N4O3. The average Bonchev–Trinajstić information content (AvgIpc) is 3.17. The molecule has 0 atom stereocenters. The lowest BCUT2D eigenvalue weighted by molar-refractivity contribution is -0.384. The van der Waals surface area contributed by atoms with Crippen molar-refractivity contribution in [1.82, 2.24) is 9.55 Å². The number of non-ortho nitro benzene ring substituents is 1. The molecular weight excluding hydrogens is 530 g/mol. The van der Waals surface area contributed by atoms with E-state index >= 15 is 0 Å². The number of hydrogen-bond donors (Lipinski definition) is 1. The summed E-state index contributed by atoms with van der Waals surface area (Å²) in [5, 5.41) is 13.0. The smallest absolute Gasteiger partial charge is 0.341 e. The Bertz CT molecular complexity index is 1500. The van der Waals surface area contributed by atoms with Crippen LogP contribution in [0.2, 0.25) is 5.02 Å². The summed E-state index contributed by atoms with van der Waals surface area (Å²) in [6.07, 6.45) is -6.48. The van der Waals surface area contributed by atoms with Gasteiger partial charge in [0.2, 0.25) is 0 Å². The maximum Gasteiger partial charge on any atom is 0.418 e. The molecule has 4 rings (SSSR count). The fourth-order valence-electron chi connectivity index (χ4n) is 3.75. The number of nitro groups is 1. The first kappa shape index (κ1) is 25.9. The Morgan fingerprint density at radius 3 is 2.27 bits per heavy atom. The maximum atomic E-state index is 13.5. The SMILES string of the molecule is O=C(Nc1c(C(F)(F)F)cccc1C(F)(F)F)c1cn(Cc2ccc([N+](=O)[O-])cc2Cl)c2cnccc12. The van der Waals surface area contributed by atoms with Gasteiger partial charge < -0.3 is 9.88 Å². The molecule has 2 heterocycles. The number of carbonyl (C=O) groups excluding carboxylic acids is 1. The monoisotopic (exact) mass is 542 g/mol. The van der Waals surface area contributed by atoms with Gasteiger partial charge in [0, 0.05) is 36.5 Å². The summed E-state index contributed by atoms with van der Waals surface area (Å²) in [7, 11) is 0. The summed E-state index contributed by atoms with van der Waals surface area (Å²) in [6.45, 7) is -0.0285. The number of nitro benzene ring substituents is 1. The quantitative estimate of drug-likeness (QED) is 0.168. The molecule has 0 bridgehead atoms. The molecule has 0 radical (unpaired) electrons. The van der Waals surface area contributed by atoms with Crippen molar-refractivity contribution >= 4 is 39.8 Å². The van der Waals surface area contributed by atoms with Gasteiger partial charge in [-0.15, -0.1) is 0 Å². The lowest BCUT2D eigenvalue weighted by atomic mass is 10.1. The molecule has 7 nitrogen and oxygen atoms in total. The Hall–Kier alpha value is -4.13. The van der Waals surface area contributed by atoms with Crippen LogP contribution in [0, 0.1) is 10.1 Å². The van der Waals surface area contributed by atoms with Gasteiger partial charge in [0.15, 0.2) is 0 Å². The third-order valence-electron chi connectivity index (χ3n) is 5.43. The molecule has 37 heavy (non-hydrogen) atoms. The summed E-state index contributed by atoms with van der Waals surface area (Å²) in [5.74, 6) is -1.22. The molecule has 2 aromatic heterocycles. The first-order valence-electron chi connectivity index (χ1n) is 10.2. The minimum atomic E-state index is -5.17. The van der Waals surface area contributed by atoms with Crippen LogP contribution in [0.3, 0.4) is 0 Å². The van der Waals surface area contributed by atoms with E-state index in [-0.39, 0.29) is 28.2 Å². The van der Waals surface area contributed by atoms with E-state index in [2.05, 4.69) is 4.98 Å². The van der Waals surface area contributed by atoms with Crippen LogP contribution in [0.4, 0.5) is 37.7 Å². The second-order valence-corrected chi connectivity index (χ2v) is 8.18. The molecule has 14 heteroatoms. The molecule has 0 aliphatic rings. The van der Waals surface area contributed by atoms with Crippen LogP contribution in [-0.4, -0.2) is 20.4 Å². The summed E-state index contributed by atoms with van der Waals surface area (Å²) in [6, 6.07) is 6.58. The molecule has 2 aromatic carbocycles. The lowest BCUT2D eigenvalue weighted by Gasteiger charge is -2.19. The number of alkyl halides is 6. The molecule has 0 fully saturated rings. The number of carbonyl (C=O) groups is 1. The van der Waals surface area contributed by atoms with Crippen LogP contribution < -0.4 is 5.32 Å². The molecule has 192 valence electrons. The number of nitrogens with one attached hydrogen (secondary N) is 1. The number of amides is 1. The van der Waals surface area contributed by atoms with Gasteiger partial charge in [-0.05, 0) is 29.8 Å². The lowest BCUT2D eigenvalue weighted by Crippen LogP contribution is -2.21. The molecule has 0 spiro atoms. The molecule has 1 amide bonds. The minimum Gasteiger partial charge on any atom is -0.341 e. The number of benzene rings is 2. The third kappa shape index (κ3) is 5.21. The molecule has 0 saturated heterocycles. The number of halogens is 7. The zero-order chi connectivity index (χ0) is 27.1. The summed E-state index contributed by atoms with van der Waals surface area (Å²) >= 11 is 6.15. The topological polar surface area (TPSA) is 90.1 Å². The van der Waals surface area contributed by atoms with Crippen molar-refractivity contribution in [3.8, 4) is 0 Å². The highest BCUT2D eigenvalue weighted by Crippen LogP contribution is 2.43. The van der Waals surface area contributed by atoms with Crippen LogP contribution >= 0.6 is 11.6 Å². The Balaban J connectivity index is 1.77. The molecule has 0 aliphatic carbocycles. The van der Waals surface area contributed by atoms with Gasteiger partial charge in [-0.3, -0.25) is 19.9 Å². The Labute approximate surface area is 208 Å². The van der Waals surface area contributed by atoms with Crippen molar-refractivity contribution in [3.05, 3.63) is 98.4 Å². The van der Waals surface area contributed by atoms with Crippen molar-refractivity contribution in [2.75, 3.05) is 5.32 Å². The van der Waals surface area contributed by atoms with Gasteiger partial charge in [-0.2, -0.15) is 26.3 Å². The van der Waals surface area contributed by atoms with E-state index in [1.54, 1.807) is 5.32 Å². The normalized spacial score (nSPS) is 12.1. The van der Waals surface area contributed by atoms with Crippen LogP contribution in [0.25, 0.3) is 10.9 Å². The van der Waals surface area contributed by atoms with Gasteiger partial charge in [-0.25, -0.2) is 0 Å². The van der Waals surface area contributed by atoms with Crippen LogP contribution in [0.1, 0.15) is 27.0 Å². The predicted octanol–water partition coefficient (Wildman–Crippen LogP) is 6.94. The van der Waals surface area contributed by atoms with Crippen molar-refractivity contribution in [1.29, 1.82) is 0 Å². The minimum absolute atomic E-state index is 0.0285. The van der Waals surface area contributed by atoms with E-state index in [4.69, 9.17) is 11.6 Å². The second-order valence-electron chi connectivity index (χ2n) is 7.77. The van der Waals surface area contributed by atoms with E-state index in [1.165, 1.54) is 41.4 Å². The highest BCUT2D eigenvalue weighted by Gasteiger charge is 2.41. The number of anilines is 1. The standard InChI is InChI=1S/C23H13ClF6N4O3/c24-18-8-13(34(36)37)5-4-12(18)10-33-11-15(14-6-7-31-9-19(14)33)21(35)32-20-16(22(25,26)27)2-1-3-17(20)23(28,29)30/h1-9,11H,10H2,(H,32,35). The van der Waals surface area contributed by atoms with E-state index in [1.807, 2.05) is 0 Å². The first-order valence-corrected chi connectivity index (χ1v) is 10.6. The Morgan fingerprint density at radius 2 is 1.70 bits per heavy atom. The number of hydrogen-bond acceptors (Lipinski definition) is 4. The van der Waals surface area contributed by atoms with Crippen molar-refractivity contribution in [2.24, 2.45) is 0 Å². The molecule has 0 saturated carbocycles. The highest BCUT2D eigenvalue weighted by atomic mass is 35.5. The van der Waals surface area contributed by atoms with E-state index in [9.17, 15) is 41.3 Å². The third-order valence-corrected chi connectivity index (χ3v) is 5.78. The summed E-state index contributed by atoms with van der Waals surface area (Å²) < 4.78 is 82.4. The van der Waals surface area contributed by atoms with E-state index in [0.29, 0.717) is 29.3 Å². The number of pyridine rings is 1. The largest absolute Gasteiger partial charge is 0.418 e. The summed E-state index contributed by atoms with van der Waals surface area (Å²) in [4.78, 5) is 27.3. The second kappa shape index (κ2) is 9.39. The maximum absolute atomic E-state index is 13.5. The molecule has 0 aliphatic heterocycles. The average molecular weight is 543 g/mol. The van der Waals surface area contributed by atoms with E-state index < -0.39 is 40.0 Å². The molecule has 1 N–H and O–H groups in total. The highest BCUT2D eigenvalue weighted by molar-refractivity contribution is 6.31. The number of rotatable bonds is 5. The van der Waals surface area contributed by atoms with Gasteiger partial charge in [0.1, 0.15) is 0 Å². The number of fused-ring (bicyclic) bond motifs is 1. The van der Waals surface area contributed by atoms with Crippen molar-refractivity contribution in [3.63, 3.8) is 0 Å². The number of aromatic nitrogens is 2. The first-order chi connectivity index (χ1) is 17.3. The number of para-hydroxylation sites is 1. The van der Waals surface area contributed by atoms with Crippen LogP contribution in [0.15, 0.2) is 61.1 Å². The predicted molar refractivity (Wildman–Crippen MR) is 121 cm³/mol. The Kier molecular flexibility index (Phi) is 6.59. The number of nitrogens with zero attached hydrogens (tertiary/aromatic N) is 3. The summed E-state index contributed by atoms with van der Waals surface area (Å²) in [5.41, 5.74) is -4.47. The Morgan fingerprint density at radius 1 is 1.05 bits per heavy atom. The molecule has 4 aromatic rings. The molecule has 0 unspecified atom stereocenters. The van der Waals surface area contributed by atoms with Gasteiger partial charge in [0.05, 0.1) is 44.0 Å². The van der Waals surface area contributed by atoms with Crippen molar-refractivity contribution in [2.45, 2.75) is 18.9 Å². The zero-order valence-electron chi connectivity index (χ0n) is 18.2. The van der Waals surface area contributed by atoms with Crippen molar-refractivity contribution < 1.29 is 36.1 Å². The fraction of sp³-hybridized carbons (Fsp3) is 0.130. The zero-order valence-corrected chi connectivity index (χ0v) is 18.9.